The second kappa shape index (κ2) is 12.8. The SMILES string of the molecule is CCCCOc1ccc(C2C(C(=O)c3sc(C)nc3C)=C(O)C(=O)N2c2nc(C)c(C(=O)OCC)s2)cc1OCC. The molecular weight excluding hydrogens is 566 g/mol. The van der Waals surface area contributed by atoms with Crippen LogP contribution in [-0.2, 0) is 9.53 Å². The van der Waals surface area contributed by atoms with E-state index in [0.29, 0.717) is 51.5 Å². The topological polar surface area (TPSA) is 128 Å². The zero-order chi connectivity index (χ0) is 29.8. The maximum Gasteiger partial charge on any atom is 0.350 e. The summed E-state index contributed by atoms with van der Waals surface area (Å²) < 4.78 is 17.0. The second-order valence-corrected chi connectivity index (χ2v) is 11.5. The monoisotopic (exact) mass is 599 g/mol. The van der Waals surface area contributed by atoms with Gasteiger partial charge in [0, 0.05) is 0 Å². The molecule has 2 aromatic heterocycles. The Morgan fingerprint density at radius 3 is 2.34 bits per heavy atom. The minimum Gasteiger partial charge on any atom is -0.503 e. The number of nitrogens with zero attached hydrogens (tertiary/aromatic N) is 3. The van der Waals surface area contributed by atoms with Crippen LogP contribution in [0.4, 0.5) is 5.13 Å². The molecule has 1 amide bonds. The van der Waals surface area contributed by atoms with Crippen molar-refractivity contribution in [3.05, 3.63) is 61.2 Å². The van der Waals surface area contributed by atoms with Crippen LogP contribution in [0.15, 0.2) is 29.5 Å². The molecule has 1 aliphatic heterocycles. The fourth-order valence-electron chi connectivity index (χ4n) is 4.49. The molecule has 0 fully saturated rings. The van der Waals surface area contributed by atoms with Gasteiger partial charge in [0.05, 0.1) is 52.7 Å². The molecule has 41 heavy (non-hydrogen) atoms. The van der Waals surface area contributed by atoms with Crippen molar-refractivity contribution in [1.29, 1.82) is 0 Å². The fraction of sp³-hybridized carbons (Fsp3) is 0.414. The number of aromatic nitrogens is 2. The van der Waals surface area contributed by atoms with Crippen LogP contribution >= 0.6 is 22.7 Å². The lowest BCUT2D eigenvalue weighted by atomic mass is 9.95. The number of unbranched alkanes of at least 4 members (excludes halogenated alkanes) is 1. The fourth-order valence-corrected chi connectivity index (χ4v) is 6.36. The average molecular weight is 600 g/mol. The molecule has 4 rings (SSSR count). The highest BCUT2D eigenvalue weighted by Crippen LogP contribution is 2.46. The van der Waals surface area contributed by atoms with Crippen molar-refractivity contribution in [3.63, 3.8) is 0 Å². The van der Waals surface area contributed by atoms with Gasteiger partial charge in [-0.15, -0.1) is 11.3 Å². The molecule has 1 N–H and O–H groups in total. The van der Waals surface area contributed by atoms with E-state index >= 15 is 0 Å². The van der Waals surface area contributed by atoms with E-state index < -0.39 is 29.5 Å². The first-order valence-corrected chi connectivity index (χ1v) is 15.1. The van der Waals surface area contributed by atoms with E-state index in [1.807, 2.05) is 6.92 Å². The van der Waals surface area contributed by atoms with Crippen molar-refractivity contribution in [3.8, 4) is 11.5 Å². The highest BCUT2D eigenvalue weighted by atomic mass is 32.1. The number of carbonyl (C=O) groups excluding carboxylic acids is 3. The first-order valence-electron chi connectivity index (χ1n) is 13.4. The molecule has 1 aliphatic rings. The lowest BCUT2D eigenvalue weighted by Gasteiger charge is -2.25. The van der Waals surface area contributed by atoms with Gasteiger partial charge in [0.25, 0.3) is 5.91 Å². The molecule has 0 saturated heterocycles. The first-order chi connectivity index (χ1) is 19.6. The molecule has 218 valence electrons. The minimum atomic E-state index is -1.05. The van der Waals surface area contributed by atoms with Gasteiger partial charge in [-0.3, -0.25) is 14.5 Å². The van der Waals surface area contributed by atoms with E-state index in [9.17, 15) is 19.5 Å². The summed E-state index contributed by atoms with van der Waals surface area (Å²) in [4.78, 5) is 50.8. The smallest absolute Gasteiger partial charge is 0.350 e. The summed E-state index contributed by atoms with van der Waals surface area (Å²) in [6.07, 6.45) is 1.83. The normalized spacial score (nSPS) is 15.0. The summed E-state index contributed by atoms with van der Waals surface area (Å²) in [5.74, 6) is -1.58. The molecule has 1 unspecified atom stereocenters. The Bertz CT molecular complexity index is 1510. The Balaban J connectivity index is 1.87. The largest absolute Gasteiger partial charge is 0.503 e. The van der Waals surface area contributed by atoms with Crippen molar-refractivity contribution in [2.75, 3.05) is 24.7 Å². The van der Waals surface area contributed by atoms with E-state index in [-0.39, 0.29) is 22.2 Å². The number of amides is 1. The number of hydrogen-bond donors (Lipinski definition) is 1. The van der Waals surface area contributed by atoms with Gasteiger partial charge in [-0.25, -0.2) is 14.8 Å². The number of esters is 1. The van der Waals surface area contributed by atoms with Gasteiger partial charge in [0.1, 0.15) is 4.88 Å². The Kier molecular flexibility index (Phi) is 9.44. The molecule has 0 radical (unpaired) electrons. The zero-order valence-electron chi connectivity index (χ0n) is 23.9. The summed E-state index contributed by atoms with van der Waals surface area (Å²) in [6, 6.07) is 4.12. The number of Topliss-reactive ketones (excluding diaryl/α,β-unsaturated/α-hetero) is 1. The Morgan fingerprint density at radius 1 is 0.976 bits per heavy atom. The third-order valence-corrected chi connectivity index (χ3v) is 8.56. The van der Waals surface area contributed by atoms with Crippen LogP contribution in [-0.4, -0.2) is 52.6 Å². The van der Waals surface area contributed by atoms with Crippen LogP contribution in [0.1, 0.15) is 81.0 Å². The van der Waals surface area contributed by atoms with Gasteiger partial charge in [-0.2, -0.15) is 0 Å². The number of ether oxygens (including phenoxy) is 3. The van der Waals surface area contributed by atoms with Gasteiger partial charge in [-0.05, 0) is 58.7 Å². The predicted molar refractivity (Wildman–Crippen MR) is 157 cm³/mol. The quantitative estimate of drug-likeness (QED) is 0.150. The van der Waals surface area contributed by atoms with Crippen molar-refractivity contribution in [1.82, 2.24) is 9.97 Å². The molecular formula is C29H33N3O7S2. The number of hydrogen-bond acceptors (Lipinski definition) is 11. The van der Waals surface area contributed by atoms with Crippen molar-refractivity contribution in [2.24, 2.45) is 0 Å². The molecule has 0 bridgehead atoms. The molecule has 0 spiro atoms. The highest BCUT2D eigenvalue weighted by molar-refractivity contribution is 7.17. The lowest BCUT2D eigenvalue weighted by molar-refractivity contribution is -0.117. The molecule has 0 saturated carbocycles. The number of aryl methyl sites for hydroxylation is 3. The van der Waals surface area contributed by atoms with Gasteiger partial charge in [0.2, 0.25) is 5.78 Å². The van der Waals surface area contributed by atoms with Gasteiger partial charge < -0.3 is 19.3 Å². The zero-order valence-corrected chi connectivity index (χ0v) is 25.5. The van der Waals surface area contributed by atoms with Gasteiger partial charge in [-0.1, -0.05) is 30.7 Å². The average Bonchev–Trinajstić information content (AvgIpc) is 3.57. The Labute approximate surface area is 246 Å². The van der Waals surface area contributed by atoms with Crippen LogP contribution in [0.3, 0.4) is 0 Å². The Morgan fingerprint density at radius 2 is 1.71 bits per heavy atom. The predicted octanol–water partition coefficient (Wildman–Crippen LogP) is 6.06. The van der Waals surface area contributed by atoms with E-state index in [0.717, 1.165) is 24.2 Å². The molecule has 12 heteroatoms. The number of benzene rings is 1. The van der Waals surface area contributed by atoms with Gasteiger partial charge >= 0.3 is 5.97 Å². The number of aliphatic hydroxyl groups excluding tert-OH is 1. The van der Waals surface area contributed by atoms with Crippen molar-refractivity contribution in [2.45, 2.75) is 60.4 Å². The van der Waals surface area contributed by atoms with E-state index in [4.69, 9.17) is 14.2 Å². The third-order valence-electron chi connectivity index (χ3n) is 6.35. The molecule has 3 heterocycles. The molecule has 0 aliphatic carbocycles. The van der Waals surface area contributed by atoms with Gasteiger partial charge in [0.15, 0.2) is 22.4 Å². The maximum atomic E-state index is 13.9. The number of ketones is 1. The number of rotatable bonds is 12. The van der Waals surface area contributed by atoms with E-state index in [1.54, 1.807) is 45.9 Å². The standard InChI is InChI=1S/C29H33N3O7S2/c1-7-10-13-39-19-12-11-18(14-20(19)37-8-2)22-21(23(33)25-15(4)30-17(6)40-25)24(34)27(35)32(22)29-31-16(5)26(41-29)28(36)38-9-3/h11-12,14,22,34H,7-10,13H2,1-6H3. The first kappa shape index (κ1) is 30.2. The van der Waals surface area contributed by atoms with Crippen molar-refractivity contribution >= 4 is 45.5 Å². The van der Waals surface area contributed by atoms with Crippen LogP contribution in [0.2, 0.25) is 0 Å². The summed E-state index contributed by atoms with van der Waals surface area (Å²) >= 11 is 2.15. The molecule has 1 aromatic carbocycles. The summed E-state index contributed by atoms with van der Waals surface area (Å²) in [5.41, 5.74) is 1.28. The van der Waals surface area contributed by atoms with Crippen LogP contribution in [0.25, 0.3) is 0 Å². The summed E-state index contributed by atoms with van der Waals surface area (Å²) in [5, 5.41) is 12.0. The number of aliphatic hydroxyl groups is 1. The number of thiazole rings is 2. The molecule has 10 nitrogen and oxygen atoms in total. The molecule has 3 aromatic rings. The highest BCUT2D eigenvalue weighted by Gasteiger charge is 2.47. The van der Waals surface area contributed by atoms with Crippen LogP contribution in [0, 0.1) is 20.8 Å². The van der Waals surface area contributed by atoms with Crippen molar-refractivity contribution < 1.29 is 33.7 Å². The maximum absolute atomic E-state index is 13.9. The van der Waals surface area contributed by atoms with E-state index in [2.05, 4.69) is 16.9 Å². The van der Waals surface area contributed by atoms with Crippen LogP contribution in [0.5, 0.6) is 11.5 Å². The minimum absolute atomic E-state index is 0.102. The second-order valence-electron chi connectivity index (χ2n) is 9.29. The van der Waals surface area contributed by atoms with Crippen LogP contribution < -0.4 is 14.4 Å². The number of anilines is 1. The number of carbonyl (C=O) groups is 3. The van der Waals surface area contributed by atoms with E-state index in [1.165, 1.54) is 16.2 Å². The lowest BCUT2D eigenvalue weighted by Crippen LogP contribution is -2.31. The Hall–Kier alpha value is -3.77. The molecule has 1 atom stereocenters. The summed E-state index contributed by atoms with van der Waals surface area (Å²) in [7, 11) is 0. The summed E-state index contributed by atoms with van der Waals surface area (Å²) in [6.45, 7) is 11.8. The third kappa shape index (κ3) is 5.98.